The van der Waals surface area contributed by atoms with Crippen LogP contribution in [0, 0.1) is 41.5 Å². The Bertz CT molecular complexity index is 1190. The van der Waals surface area contributed by atoms with Crippen molar-refractivity contribution < 1.29 is 0 Å². The molecule has 0 unspecified atom stereocenters. The van der Waals surface area contributed by atoms with E-state index in [4.69, 9.17) is 0 Å². The second-order valence-electron chi connectivity index (χ2n) is 8.76. The van der Waals surface area contributed by atoms with Gasteiger partial charge in [0.1, 0.15) is 0 Å². The highest BCUT2D eigenvalue weighted by molar-refractivity contribution is 5.82. The van der Waals surface area contributed by atoms with E-state index in [1.807, 2.05) is 0 Å². The van der Waals surface area contributed by atoms with Crippen LogP contribution >= 0.6 is 0 Å². The maximum Gasteiger partial charge on any atom is 0.0520 e. The van der Waals surface area contributed by atoms with E-state index in [0.29, 0.717) is 0 Å². The number of benzene rings is 4. The smallest absolute Gasteiger partial charge is 0.0520 e. The lowest BCUT2D eigenvalue weighted by atomic mass is 10.0. The zero-order valence-corrected chi connectivity index (χ0v) is 19.5. The molecule has 4 aromatic rings. The summed E-state index contributed by atoms with van der Waals surface area (Å²) in [6.45, 7) is 13.1. The Kier molecular flexibility index (Phi) is 5.69. The first-order chi connectivity index (χ1) is 14.8. The lowest BCUT2D eigenvalue weighted by Crippen LogP contribution is -2.13. The van der Waals surface area contributed by atoms with Gasteiger partial charge in [0.25, 0.3) is 0 Å². The van der Waals surface area contributed by atoms with E-state index >= 15 is 0 Å². The van der Waals surface area contributed by atoms with Gasteiger partial charge in [-0.15, -0.1) is 0 Å². The highest BCUT2D eigenvalue weighted by atomic mass is 15.1. The number of aryl methyl sites for hydroxylation is 6. The fourth-order valence-electron chi connectivity index (χ4n) is 4.35. The maximum atomic E-state index is 2.40. The van der Waals surface area contributed by atoms with Crippen LogP contribution in [0.25, 0.3) is 11.1 Å². The zero-order chi connectivity index (χ0) is 22.1. The number of hydrogen-bond donors (Lipinski definition) is 0. The molecule has 31 heavy (non-hydrogen) atoms. The predicted octanol–water partition coefficient (Wildman–Crippen LogP) is 8.67. The second kappa shape index (κ2) is 8.43. The van der Waals surface area contributed by atoms with Crippen molar-refractivity contribution in [3.05, 3.63) is 112 Å². The molecule has 0 aliphatic rings. The Morgan fingerprint density at radius 1 is 0.419 bits per heavy atom. The molecule has 0 radical (unpaired) electrons. The molecule has 0 atom stereocenters. The summed E-state index contributed by atoms with van der Waals surface area (Å²) in [5.41, 5.74) is 13.9. The average Bonchev–Trinajstić information content (AvgIpc) is 2.73. The summed E-state index contributed by atoms with van der Waals surface area (Å²) in [6, 6.07) is 29.0. The molecule has 0 bridgehead atoms. The van der Waals surface area contributed by atoms with Crippen molar-refractivity contribution in [2.45, 2.75) is 41.5 Å². The molecule has 0 aromatic heterocycles. The van der Waals surface area contributed by atoms with Crippen LogP contribution in [0.15, 0.2) is 78.9 Å². The van der Waals surface area contributed by atoms with Gasteiger partial charge in [-0.25, -0.2) is 0 Å². The third-order valence-electron chi connectivity index (χ3n) is 6.12. The van der Waals surface area contributed by atoms with Gasteiger partial charge in [-0.1, -0.05) is 65.7 Å². The quantitative estimate of drug-likeness (QED) is 0.328. The lowest BCUT2D eigenvalue weighted by Gasteiger charge is -2.29. The van der Waals surface area contributed by atoms with Gasteiger partial charge in [0.2, 0.25) is 0 Å². The van der Waals surface area contributed by atoms with Crippen LogP contribution in [0.2, 0.25) is 0 Å². The molecule has 1 nitrogen and oxygen atoms in total. The predicted molar refractivity (Wildman–Crippen MR) is 135 cm³/mol. The van der Waals surface area contributed by atoms with Crippen LogP contribution in [0.5, 0.6) is 0 Å². The maximum absolute atomic E-state index is 2.40. The molecule has 0 N–H and O–H groups in total. The highest BCUT2D eigenvalue weighted by Crippen LogP contribution is 2.40. The topological polar surface area (TPSA) is 3.24 Å². The van der Waals surface area contributed by atoms with Gasteiger partial charge in [0, 0.05) is 11.4 Å². The Labute approximate surface area is 187 Å². The van der Waals surface area contributed by atoms with Crippen LogP contribution in [-0.2, 0) is 0 Å². The Morgan fingerprint density at radius 2 is 0.935 bits per heavy atom. The summed E-state index contributed by atoms with van der Waals surface area (Å²) < 4.78 is 0. The fourth-order valence-corrected chi connectivity index (χ4v) is 4.35. The van der Waals surface area contributed by atoms with Crippen LogP contribution in [0.3, 0.4) is 0 Å². The van der Waals surface area contributed by atoms with Crippen molar-refractivity contribution in [3.63, 3.8) is 0 Å². The Morgan fingerprint density at radius 3 is 1.48 bits per heavy atom. The van der Waals surface area contributed by atoms with E-state index < -0.39 is 0 Å². The summed E-state index contributed by atoms with van der Waals surface area (Å²) in [6.07, 6.45) is 0. The minimum absolute atomic E-state index is 1.18. The third kappa shape index (κ3) is 4.27. The van der Waals surface area contributed by atoms with Crippen LogP contribution < -0.4 is 4.90 Å². The number of rotatable bonds is 4. The van der Waals surface area contributed by atoms with Gasteiger partial charge < -0.3 is 4.90 Å². The van der Waals surface area contributed by atoms with E-state index in [2.05, 4.69) is 125 Å². The van der Waals surface area contributed by atoms with Crippen molar-refractivity contribution in [2.75, 3.05) is 4.90 Å². The van der Waals surface area contributed by atoms with Crippen molar-refractivity contribution in [2.24, 2.45) is 0 Å². The first kappa shape index (κ1) is 20.9. The molecule has 0 heterocycles. The van der Waals surface area contributed by atoms with E-state index in [9.17, 15) is 0 Å². The lowest BCUT2D eigenvalue weighted by molar-refractivity contribution is 1.19. The summed E-state index contributed by atoms with van der Waals surface area (Å²) >= 11 is 0. The first-order valence-corrected chi connectivity index (χ1v) is 11.0. The normalized spacial score (nSPS) is 10.9. The minimum Gasteiger partial charge on any atom is -0.310 e. The molecule has 156 valence electrons. The zero-order valence-electron chi connectivity index (χ0n) is 19.5. The standard InChI is InChI=1S/C30H31N/c1-20-7-10-26(11-8-20)27-12-15-28(16-13-27)31(29-14-9-22(3)23(4)19-29)30-24(5)17-21(2)18-25(30)6/h7-19H,1-6H3. The molecular formula is C30H31N. The van der Waals surface area contributed by atoms with Gasteiger partial charge >= 0.3 is 0 Å². The van der Waals surface area contributed by atoms with Gasteiger partial charge in [-0.3, -0.25) is 0 Å². The monoisotopic (exact) mass is 405 g/mol. The number of hydrogen-bond acceptors (Lipinski definition) is 1. The fraction of sp³-hybridized carbons (Fsp3) is 0.200. The van der Waals surface area contributed by atoms with Crippen molar-refractivity contribution in [1.82, 2.24) is 0 Å². The average molecular weight is 406 g/mol. The van der Waals surface area contributed by atoms with E-state index in [1.54, 1.807) is 0 Å². The summed E-state index contributed by atoms with van der Waals surface area (Å²) in [5.74, 6) is 0. The third-order valence-corrected chi connectivity index (χ3v) is 6.12. The van der Waals surface area contributed by atoms with Crippen LogP contribution in [0.4, 0.5) is 17.1 Å². The molecule has 4 rings (SSSR count). The number of nitrogens with zero attached hydrogens (tertiary/aromatic N) is 1. The van der Waals surface area contributed by atoms with E-state index in [-0.39, 0.29) is 0 Å². The Hall–Kier alpha value is -3.32. The molecule has 0 saturated heterocycles. The summed E-state index contributed by atoms with van der Waals surface area (Å²) in [7, 11) is 0. The van der Waals surface area contributed by atoms with Crippen molar-refractivity contribution in [3.8, 4) is 11.1 Å². The highest BCUT2D eigenvalue weighted by Gasteiger charge is 2.18. The summed E-state index contributed by atoms with van der Waals surface area (Å²) in [4.78, 5) is 2.40. The Balaban J connectivity index is 1.85. The molecule has 0 fully saturated rings. The molecule has 0 aliphatic carbocycles. The van der Waals surface area contributed by atoms with Gasteiger partial charge in [-0.05, 0) is 99.2 Å². The van der Waals surface area contributed by atoms with Gasteiger partial charge in [0.15, 0.2) is 0 Å². The van der Waals surface area contributed by atoms with Crippen LogP contribution in [0.1, 0.15) is 33.4 Å². The molecular weight excluding hydrogens is 374 g/mol. The molecule has 4 aromatic carbocycles. The number of anilines is 3. The largest absolute Gasteiger partial charge is 0.310 e. The molecule has 0 amide bonds. The van der Waals surface area contributed by atoms with Crippen molar-refractivity contribution in [1.29, 1.82) is 0 Å². The molecule has 1 heteroatoms. The van der Waals surface area contributed by atoms with E-state index in [0.717, 1.165) is 0 Å². The first-order valence-electron chi connectivity index (χ1n) is 11.0. The van der Waals surface area contributed by atoms with Crippen molar-refractivity contribution >= 4 is 17.1 Å². The minimum atomic E-state index is 1.18. The molecule has 0 saturated carbocycles. The van der Waals surface area contributed by atoms with Crippen LogP contribution in [-0.4, -0.2) is 0 Å². The van der Waals surface area contributed by atoms with Gasteiger partial charge in [-0.2, -0.15) is 0 Å². The molecule has 0 aliphatic heterocycles. The summed E-state index contributed by atoms with van der Waals surface area (Å²) in [5, 5.41) is 0. The van der Waals surface area contributed by atoms with E-state index in [1.165, 1.54) is 61.6 Å². The SMILES string of the molecule is Cc1ccc(-c2ccc(N(c3ccc(C)c(C)c3)c3c(C)cc(C)cc3C)cc2)cc1. The van der Waals surface area contributed by atoms with Gasteiger partial charge in [0.05, 0.1) is 5.69 Å². The second-order valence-corrected chi connectivity index (χ2v) is 8.76. The molecule has 0 spiro atoms.